The Morgan fingerprint density at radius 1 is 1.14 bits per heavy atom. The molecule has 2 bridgehead atoms. The second kappa shape index (κ2) is 8.03. The molecule has 2 saturated carbocycles. The van der Waals surface area contributed by atoms with Crippen LogP contribution in [0.15, 0.2) is 34.1 Å². The number of carbonyl (C=O) groups excluding carboxylic acids is 2. The lowest BCUT2D eigenvalue weighted by Gasteiger charge is -2.43. The Balaban J connectivity index is 1.42. The Labute approximate surface area is 209 Å². The maximum absolute atomic E-state index is 13.7. The largest absolute Gasteiger partial charge is 0.480 e. The third-order valence-corrected chi connectivity index (χ3v) is 10.9. The van der Waals surface area contributed by atoms with E-state index in [2.05, 4.69) is 4.98 Å². The number of thiazole rings is 1. The number of amides is 2. The van der Waals surface area contributed by atoms with Crippen molar-refractivity contribution < 1.29 is 23.9 Å². The Morgan fingerprint density at radius 2 is 1.80 bits per heavy atom. The van der Waals surface area contributed by atoms with Crippen LogP contribution in [0.2, 0.25) is 0 Å². The van der Waals surface area contributed by atoms with Gasteiger partial charge in [-0.1, -0.05) is 37.3 Å². The topological polar surface area (TPSA) is 108 Å². The minimum absolute atomic E-state index is 0.000683. The van der Waals surface area contributed by atoms with Crippen LogP contribution in [0.4, 0.5) is 4.39 Å². The maximum Gasteiger partial charge on any atom is 0.326 e. The van der Waals surface area contributed by atoms with E-state index >= 15 is 0 Å². The summed E-state index contributed by atoms with van der Waals surface area (Å²) in [6, 6.07) is 5.14. The van der Waals surface area contributed by atoms with Crippen molar-refractivity contribution >= 4 is 40.9 Å². The Morgan fingerprint density at radius 3 is 2.43 bits per heavy atom. The Kier molecular flexibility index (Phi) is 5.27. The number of aromatic nitrogens is 1. The van der Waals surface area contributed by atoms with Gasteiger partial charge in [0.15, 0.2) is 0 Å². The molecule has 35 heavy (non-hydrogen) atoms. The van der Waals surface area contributed by atoms with Crippen molar-refractivity contribution in [2.45, 2.75) is 48.9 Å². The molecule has 1 aromatic heterocycles. The number of hydrogen-bond donors (Lipinski definition) is 2. The van der Waals surface area contributed by atoms with Crippen LogP contribution in [0.25, 0.3) is 0 Å². The number of carboxylic acid groups (broad SMARTS) is 1. The first-order chi connectivity index (χ1) is 16.7. The lowest BCUT2D eigenvalue weighted by atomic mass is 9.68. The van der Waals surface area contributed by atoms with Gasteiger partial charge >= 0.3 is 10.8 Å². The zero-order valence-electron chi connectivity index (χ0n) is 19.1. The van der Waals surface area contributed by atoms with Gasteiger partial charge in [-0.25, -0.2) is 9.18 Å². The highest BCUT2D eigenvalue weighted by molar-refractivity contribution is 8.00. The minimum Gasteiger partial charge on any atom is -0.480 e. The number of carboxylic acids is 1. The van der Waals surface area contributed by atoms with Crippen molar-refractivity contribution in [2.75, 3.05) is 0 Å². The summed E-state index contributed by atoms with van der Waals surface area (Å²) < 4.78 is 13.7. The van der Waals surface area contributed by atoms with Crippen LogP contribution >= 0.6 is 23.1 Å². The number of imide groups is 1. The highest BCUT2D eigenvalue weighted by atomic mass is 32.2. The molecule has 2 aromatic rings. The molecule has 10 heteroatoms. The molecule has 3 fully saturated rings. The zero-order chi connectivity index (χ0) is 24.8. The quantitative estimate of drug-likeness (QED) is 0.589. The Bertz CT molecular complexity index is 1290. The second-order valence-electron chi connectivity index (χ2n) is 10.5. The number of H-pyrrole nitrogens is 1. The van der Waals surface area contributed by atoms with Gasteiger partial charge in [0.1, 0.15) is 11.9 Å². The number of benzene rings is 1. The number of nitrogens with zero attached hydrogens (tertiary/aromatic N) is 1. The number of aromatic amines is 1. The Hall–Kier alpha value is -2.46. The first-order valence-electron chi connectivity index (χ1n) is 11.9. The van der Waals surface area contributed by atoms with E-state index in [9.17, 15) is 28.7 Å². The number of carbonyl (C=O) groups is 3. The molecule has 0 radical (unpaired) electrons. The van der Waals surface area contributed by atoms with Gasteiger partial charge < -0.3 is 10.1 Å². The molecule has 2 aliphatic heterocycles. The molecule has 7 unspecified atom stereocenters. The highest BCUT2D eigenvalue weighted by Gasteiger charge is 2.70. The van der Waals surface area contributed by atoms with Crippen molar-refractivity contribution in [2.24, 2.45) is 35.5 Å². The summed E-state index contributed by atoms with van der Waals surface area (Å²) in [7, 11) is 0. The third-order valence-electron chi connectivity index (χ3n) is 8.28. The van der Waals surface area contributed by atoms with Crippen LogP contribution in [0.1, 0.15) is 43.0 Å². The fraction of sp³-hybridized carbons (Fsp3) is 0.520. The van der Waals surface area contributed by atoms with Crippen LogP contribution < -0.4 is 4.87 Å². The summed E-state index contributed by atoms with van der Waals surface area (Å²) in [6.07, 6.45) is 0.946. The van der Waals surface area contributed by atoms with Gasteiger partial charge in [0.25, 0.3) is 0 Å². The molecule has 184 valence electrons. The molecule has 4 aliphatic rings. The van der Waals surface area contributed by atoms with Gasteiger partial charge in [0, 0.05) is 16.0 Å². The lowest BCUT2D eigenvalue weighted by Crippen LogP contribution is -2.47. The third kappa shape index (κ3) is 3.28. The maximum atomic E-state index is 13.7. The summed E-state index contributed by atoms with van der Waals surface area (Å²) in [5.41, 5.74) is 0.888. The molecular formula is C25H25FN2O5S2. The van der Waals surface area contributed by atoms with Crippen molar-refractivity contribution in [3.05, 3.63) is 50.2 Å². The number of nitrogens with one attached hydrogen (secondary N) is 1. The zero-order valence-corrected chi connectivity index (χ0v) is 20.8. The van der Waals surface area contributed by atoms with E-state index in [1.807, 2.05) is 13.8 Å². The van der Waals surface area contributed by atoms with Crippen LogP contribution in [-0.4, -0.2) is 44.1 Å². The normalized spacial score (nSPS) is 33.7. The van der Waals surface area contributed by atoms with Crippen molar-refractivity contribution in [1.29, 1.82) is 0 Å². The van der Waals surface area contributed by atoms with Crippen LogP contribution in [0.3, 0.4) is 0 Å². The molecule has 1 aromatic carbocycles. The van der Waals surface area contributed by atoms with E-state index in [-0.39, 0.29) is 63.8 Å². The van der Waals surface area contributed by atoms with E-state index in [1.165, 1.54) is 12.1 Å². The van der Waals surface area contributed by atoms with E-state index in [4.69, 9.17) is 0 Å². The van der Waals surface area contributed by atoms with E-state index < -0.39 is 23.8 Å². The second-order valence-corrected chi connectivity index (χ2v) is 12.7. The number of hydrogen-bond acceptors (Lipinski definition) is 6. The number of rotatable bonds is 5. The van der Waals surface area contributed by atoms with Gasteiger partial charge in [-0.05, 0) is 54.2 Å². The van der Waals surface area contributed by atoms with Gasteiger partial charge in [0.05, 0.1) is 16.9 Å². The molecule has 7 nitrogen and oxygen atoms in total. The molecule has 8 atom stereocenters. The summed E-state index contributed by atoms with van der Waals surface area (Å²) in [6.45, 7) is 3.76. The summed E-state index contributed by atoms with van der Waals surface area (Å²) in [5.74, 6) is -3.61. The number of fused-ring (bicyclic) bond motifs is 9. The molecule has 0 spiro atoms. The number of aliphatic carboxylic acids is 1. The lowest BCUT2D eigenvalue weighted by molar-refractivity contribution is -0.156. The van der Waals surface area contributed by atoms with Crippen LogP contribution in [0.5, 0.6) is 0 Å². The van der Waals surface area contributed by atoms with Crippen molar-refractivity contribution in [3.63, 3.8) is 0 Å². The van der Waals surface area contributed by atoms with Gasteiger partial charge in [-0.15, -0.1) is 11.8 Å². The number of likely N-dealkylation sites (tertiary alicyclic amines) is 1. The SMILES string of the molecule is CC(C)CC(C(=O)O)N1C(=O)C2C3CC(C2C1=O)C1C3Sc2[nH]c(=O)sc2[C@@H]1c1ccc(F)cc1. The fourth-order valence-electron chi connectivity index (χ4n) is 7.15. The van der Waals surface area contributed by atoms with Crippen LogP contribution in [0, 0.1) is 41.3 Å². The highest BCUT2D eigenvalue weighted by Crippen LogP contribution is 2.68. The predicted octanol–water partition coefficient (Wildman–Crippen LogP) is 3.55. The van der Waals surface area contributed by atoms with Gasteiger partial charge in [-0.3, -0.25) is 19.3 Å². The van der Waals surface area contributed by atoms with Gasteiger partial charge in [-0.2, -0.15) is 0 Å². The average molecular weight is 517 g/mol. The monoisotopic (exact) mass is 516 g/mol. The average Bonchev–Trinajstić information content (AvgIpc) is 3.52. The first kappa shape index (κ1) is 23.0. The van der Waals surface area contributed by atoms with E-state index in [0.717, 1.165) is 38.1 Å². The molecule has 6 rings (SSSR count). The molecule has 2 N–H and O–H groups in total. The molecule has 2 amide bonds. The minimum atomic E-state index is -1.15. The number of thioether (sulfide) groups is 1. The van der Waals surface area contributed by atoms with Crippen molar-refractivity contribution in [1.82, 2.24) is 9.88 Å². The summed E-state index contributed by atoms with van der Waals surface area (Å²) in [5, 5.41) is 10.7. The van der Waals surface area contributed by atoms with Gasteiger partial charge in [0.2, 0.25) is 11.8 Å². The fourth-order valence-corrected chi connectivity index (χ4v) is 10.0. The molecule has 3 heterocycles. The summed E-state index contributed by atoms with van der Waals surface area (Å²) >= 11 is 2.72. The van der Waals surface area contributed by atoms with Crippen LogP contribution in [-0.2, 0) is 14.4 Å². The smallest absolute Gasteiger partial charge is 0.326 e. The molecule has 1 saturated heterocycles. The molecule has 2 aliphatic carbocycles. The van der Waals surface area contributed by atoms with E-state index in [1.54, 1.807) is 23.9 Å². The number of halogens is 1. The van der Waals surface area contributed by atoms with E-state index in [0.29, 0.717) is 0 Å². The predicted molar refractivity (Wildman–Crippen MR) is 128 cm³/mol. The first-order valence-corrected chi connectivity index (χ1v) is 13.6. The summed E-state index contributed by atoms with van der Waals surface area (Å²) in [4.78, 5) is 56.3. The van der Waals surface area contributed by atoms with Crippen molar-refractivity contribution in [3.8, 4) is 0 Å². The standard InChI is InChI=1S/C25H25FN2O5S2/c1-9(2)7-14(24(31)32)28-22(29)17-12-8-13(18(17)23(28)30)19-16(12)15(10-3-5-11(26)6-4-10)20-21(34-19)27-25(33)35-20/h3-6,9,12-19H,7-8H2,1-2H3,(H,27,33)(H,31,32)/t12?,13?,14?,15-,16?,17?,18?,19?/m1/s1. The molecular weight excluding hydrogens is 491 g/mol.